The summed E-state index contributed by atoms with van der Waals surface area (Å²) >= 11 is 3.65. The highest BCUT2D eigenvalue weighted by Gasteiger charge is 2.29. The summed E-state index contributed by atoms with van der Waals surface area (Å²) in [6, 6.07) is 7.28. The van der Waals surface area contributed by atoms with Crippen LogP contribution in [0.4, 0.5) is 5.69 Å². The molecule has 1 heterocycles. The fraction of sp³-hybridized carbons (Fsp3) is 0.548. The van der Waals surface area contributed by atoms with Crippen molar-refractivity contribution in [1.29, 1.82) is 0 Å². The van der Waals surface area contributed by atoms with Gasteiger partial charge in [-0.15, -0.1) is 0 Å². The Bertz CT molecular complexity index is 877. The molecule has 214 valence electrons. The van der Waals surface area contributed by atoms with E-state index in [-0.39, 0.29) is 0 Å². The van der Waals surface area contributed by atoms with Gasteiger partial charge in [0.25, 0.3) is 0 Å². The molecule has 6 nitrogen and oxygen atoms in total. The highest BCUT2D eigenvalue weighted by atomic mass is 79.9. The summed E-state index contributed by atoms with van der Waals surface area (Å²) in [5.74, 6) is -0.729. The lowest BCUT2D eigenvalue weighted by atomic mass is 9.97. The highest BCUT2D eigenvalue weighted by molar-refractivity contribution is 9.10. The van der Waals surface area contributed by atoms with Gasteiger partial charge in [-0.25, -0.2) is 4.79 Å². The number of allylic oxidation sites excluding steroid dienone is 3. The molecule has 0 aliphatic carbocycles. The number of halogens is 1. The van der Waals surface area contributed by atoms with Gasteiger partial charge in [-0.2, -0.15) is 0 Å². The van der Waals surface area contributed by atoms with Gasteiger partial charge in [-0.1, -0.05) is 80.4 Å². The normalized spacial score (nSPS) is 13.9. The van der Waals surface area contributed by atoms with E-state index in [1.807, 2.05) is 6.92 Å². The third-order valence-corrected chi connectivity index (χ3v) is 6.49. The first-order valence-corrected chi connectivity index (χ1v) is 14.4. The molecule has 1 unspecified atom stereocenters. The average Bonchev–Trinajstić information content (AvgIpc) is 2.91. The Labute approximate surface area is 239 Å². The van der Waals surface area contributed by atoms with E-state index in [2.05, 4.69) is 71.5 Å². The van der Waals surface area contributed by atoms with Crippen LogP contribution in [0.5, 0.6) is 0 Å². The number of rotatable bonds is 13. The fourth-order valence-electron chi connectivity index (χ4n) is 3.85. The molecule has 1 fully saturated rings. The maximum absolute atomic E-state index is 10.6. The third kappa shape index (κ3) is 14.5. The maximum Gasteiger partial charge on any atom is 0.347 e. The summed E-state index contributed by atoms with van der Waals surface area (Å²) in [4.78, 5) is 22.4. The van der Waals surface area contributed by atoms with Gasteiger partial charge in [0.1, 0.15) is 12.0 Å². The molecule has 1 saturated heterocycles. The predicted octanol–water partition coefficient (Wildman–Crippen LogP) is 8.00. The van der Waals surface area contributed by atoms with Crippen molar-refractivity contribution in [1.82, 2.24) is 5.32 Å². The number of aldehydes is 1. The van der Waals surface area contributed by atoms with Crippen LogP contribution in [-0.2, 0) is 14.3 Å². The van der Waals surface area contributed by atoms with E-state index in [9.17, 15) is 9.59 Å². The molecule has 0 amide bonds. The number of ether oxygens (including phenoxy) is 1. The van der Waals surface area contributed by atoms with Crippen molar-refractivity contribution in [2.45, 2.75) is 90.7 Å². The van der Waals surface area contributed by atoms with Crippen molar-refractivity contribution in [2.75, 3.05) is 25.0 Å². The van der Waals surface area contributed by atoms with Crippen LogP contribution in [0.25, 0.3) is 0 Å². The zero-order chi connectivity index (χ0) is 29.0. The number of carbonyl (C=O) groups excluding carboxylic acids is 1. The quantitative estimate of drug-likeness (QED) is 0.104. The van der Waals surface area contributed by atoms with Crippen molar-refractivity contribution in [3.8, 4) is 0 Å². The molecule has 0 saturated carbocycles. The van der Waals surface area contributed by atoms with Crippen molar-refractivity contribution in [3.05, 3.63) is 65.4 Å². The second-order valence-electron chi connectivity index (χ2n) is 9.64. The molecule has 1 aromatic rings. The van der Waals surface area contributed by atoms with Crippen LogP contribution in [0, 0.1) is 0 Å². The third-order valence-electron chi connectivity index (χ3n) is 6.00. The molecule has 1 aliphatic rings. The van der Waals surface area contributed by atoms with Crippen molar-refractivity contribution >= 4 is 33.9 Å². The minimum absolute atomic E-state index is 0.298. The SMILES string of the molecule is C=C/C=C\C(=C)OC(C)(C)C(=O)O.CCC=O.CCCCCC(NC)c1ccc(Br)cc1N1CCCCC1. The van der Waals surface area contributed by atoms with Gasteiger partial charge in [0.2, 0.25) is 0 Å². The minimum atomic E-state index is -1.25. The zero-order valence-electron chi connectivity index (χ0n) is 24.1. The van der Waals surface area contributed by atoms with Crippen molar-refractivity contribution in [2.24, 2.45) is 0 Å². The van der Waals surface area contributed by atoms with Crippen LogP contribution in [0.1, 0.15) is 90.7 Å². The number of hydrogen-bond donors (Lipinski definition) is 2. The molecule has 7 heteroatoms. The fourth-order valence-corrected chi connectivity index (χ4v) is 4.20. The van der Waals surface area contributed by atoms with Gasteiger partial charge in [0.15, 0.2) is 5.60 Å². The number of nitrogens with zero attached hydrogens (tertiary/aromatic N) is 1. The summed E-state index contributed by atoms with van der Waals surface area (Å²) in [5, 5.41) is 12.2. The number of carboxylic acids is 1. The summed E-state index contributed by atoms with van der Waals surface area (Å²) in [6.45, 7) is 16.4. The number of anilines is 1. The van der Waals surface area contributed by atoms with Crippen molar-refractivity contribution in [3.63, 3.8) is 0 Å². The Hall–Kier alpha value is -2.38. The summed E-state index contributed by atoms with van der Waals surface area (Å²) in [5.41, 5.74) is 1.65. The van der Waals surface area contributed by atoms with Gasteiger partial charge in [0.05, 0.1) is 0 Å². The van der Waals surface area contributed by atoms with E-state index in [4.69, 9.17) is 9.84 Å². The first-order chi connectivity index (χ1) is 18.1. The summed E-state index contributed by atoms with van der Waals surface area (Å²) in [6.07, 6.45) is 15.4. The minimum Gasteiger partial charge on any atom is -0.478 e. The van der Waals surface area contributed by atoms with E-state index in [1.54, 1.807) is 18.2 Å². The molecule has 2 N–H and O–H groups in total. The monoisotopic (exact) mass is 592 g/mol. The first kappa shape index (κ1) is 35.6. The van der Waals surface area contributed by atoms with Gasteiger partial charge < -0.3 is 24.9 Å². The van der Waals surface area contributed by atoms with Crippen LogP contribution in [0.2, 0.25) is 0 Å². The molecule has 0 radical (unpaired) electrons. The van der Waals surface area contributed by atoms with Crippen LogP contribution < -0.4 is 10.2 Å². The molecule has 0 spiro atoms. The van der Waals surface area contributed by atoms with E-state index >= 15 is 0 Å². The Balaban J connectivity index is 0.000000689. The summed E-state index contributed by atoms with van der Waals surface area (Å²) < 4.78 is 6.26. The Morgan fingerprint density at radius 3 is 2.37 bits per heavy atom. The molecule has 38 heavy (non-hydrogen) atoms. The van der Waals surface area contributed by atoms with Gasteiger partial charge in [-0.05, 0) is 70.4 Å². The van der Waals surface area contributed by atoms with E-state index < -0.39 is 11.6 Å². The smallest absolute Gasteiger partial charge is 0.347 e. The molecular weight excluding hydrogens is 544 g/mol. The lowest BCUT2D eigenvalue weighted by Crippen LogP contribution is -2.34. The number of benzene rings is 1. The number of aliphatic carboxylic acids is 1. The zero-order valence-corrected chi connectivity index (χ0v) is 25.7. The second-order valence-corrected chi connectivity index (χ2v) is 10.6. The number of carboxylic acid groups (broad SMARTS) is 1. The lowest BCUT2D eigenvalue weighted by Gasteiger charge is -2.33. The predicted molar refractivity (Wildman–Crippen MR) is 164 cm³/mol. The standard InChI is InChI=1S/C18H29BrN2.C10H14O3.C3H6O/c1-3-4-6-9-17(20-2)16-11-10-15(19)14-18(16)21-12-7-5-8-13-21;1-5-6-7-8(2)13-10(3,4)9(11)12;1-2-3-4/h10-11,14,17,20H,3-9,12-13H2,1-2H3;5-7H,1-2H2,3-4H3,(H,11,12);3H,2H2,1H3/b;7-6-;. The summed E-state index contributed by atoms with van der Waals surface area (Å²) in [7, 11) is 2.10. The van der Waals surface area contributed by atoms with Gasteiger partial charge in [0, 0.05) is 35.7 Å². The van der Waals surface area contributed by atoms with Gasteiger partial charge in [-0.3, -0.25) is 0 Å². The van der Waals surface area contributed by atoms with Gasteiger partial charge >= 0.3 is 5.97 Å². The van der Waals surface area contributed by atoms with Crippen LogP contribution in [-0.4, -0.2) is 43.1 Å². The number of nitrogens with one attached hydrogen (secondary N) is 1. The lowest BCUT2D eigenvalue weighted by molar-refractivity contribution is -0.156. The number of hydrogen-bond acceptors (Lipinski definition) is 5. The second kappa shape index (κ2) is 20.6. The number of carbonyl (C=O) groups is 2. The molecule has 1 aromatic carbocycles. The average molecular weight is 594 g/mol. The first-order valence-electron chi connectivity index (χ1n) is 13.6. The van der Waals surface area contributed by atoms with Crippen LogP contribution in [0.3, 0.4) is 0 Å². The molecule has 1 aliphatic heterocycles. The maximum atomic E-state index is 10.6. The Morgan fingerprint density at radius 2 is 1.87 bits per heavy atom. The van der Waals surface area contributed by atoms with E-state index in [0.29, 0.717) is 18.2 Å². The molecule has 0 bridgehead atoms. The molecule has 0 aromatic heterocycles. The van der Waals surface area contributed by atoms with Crippen LogP contribution >= 0.6 is 15.9 Å². The highest BCUT2D eigenvalue weighted by Crippen LogP contribution is 2.33. The molecular formula is C31H49BrN2O4. The van der Waals surface area contributed by atoms with Crippen LogP contribution in [0.15, 0.2) is 59.8 Å². The van der Waals surface area contributed by atoms with E-state index in [0.717, 1.165) is 6.29 Å². The number of piperidine rings is 1. The molecule has 1 atom stereocenters. The largest absolute Gasteiger partial charge is 0.478 e. The van der Waals surface area contributed by atoms with Crippen molar-refractivity contribution < 1.29 is 19.4 Å². The Kier molecular flexibility index (Phi) is 19.3. The number of unbranched alkanes of at least 4 members (excludes halogenated alkanes) is 2. The van der Waals surface area contributed by atoms with E-state index in [1.165, 1.54) is 87.6 Å². The Morgan fingerprint density at radius 1 is 1.24 bits per heavy atom. The topological polar surface area (TPSA) is 78.9 Å². The molecule has 2 rings (SSSR count).